The second-order valence-electron chi connectivity index (χ2n) is 6.76. The average molecular weight is 407 g/mol. The van der Waals surface area contributed by atoms with Crippen LogP contribution in [0.1, 0.15) is 28.9 Å². The van der Waals surface area contributed by atoms with Crippen LogP contribution in [0.15, 0.2) is 29.3 Å². The lowest BCUT2D eigenvalue weighted by molar-refractivity contribution is 0.101. The summed E-state index contributed by atoms with van der Waals surface area (Å²) in [6.45, 7) is 2.87. The van der Waals surface area contributed by atoms with Gasteiger partial charge in [-0.25, -0.2) is 8.42 Å². The van der Waals surface area contributed by atoms with E-state index in [1.807, 2.05) is 6.92 Å². The van der Waals surface area contributed by atoms with Crippen molar-refractivity contribution in [3.63, 3.8) is 0 Å². The zero-order valence-corrected chi connectivity index (χ0v) is 17.3. The molecular formula is C19H25N3O5S. The van der Waals surface area contributed by atoms with Gasteiger partial charge in [0.05, 0.1) is 14.2 Å². The average Bonchev–Trinajstić information content (AvgIpc) is 3.33. The number of nitrogens with one attached hydrogen (secondary N) is 1. The second kappa shape index (κ2) is 7.84. The smallest absolute Gasteiger partial charge is 0.272 e. The molecule has 0 saturated carbocycles. The predicted molar refractivity (Wildman–Crippen MR) is 106 cm³/mol. The van der Waals surface area contributed by atoms with Gasteiger partial charge in [0.25, 0.3) is 5.91 Å². The highest BCUT2D eigenvalue weighted by Gasteiger charge is 2.29. The Kier molecular flexibility index (Phi) is 5.66. The van der Waals surface area contributed by atoms with Crippen LogP contribution in [-0.2, 0) is 17.1 Å². The van der Waals surface area contributed by atoms with Crippen molar-refractivity contribution in [2.45, 2.75) is 24.7 Å². The van der Waals surface area contributed by atoms with E-state index in [1.54, 1.807) is 26.3 Å². The van der Waals surface area contributed by atoms with Gasteiger partial charge >= 0.3 is 0 Å². The lowest BCUT2D eigenvalue weighted by atomic mass is 10.1. The van der Waals surface area contributed by atoms with Crippen LogP contribution in [0.5, 0.6) is 11.5 Å². The maximum absolute atomic E-state index is 12.8. The SMILES string of the molecule is COc1cc(C)c(NC(=O)c2cc(S(=O)(=O)N3CCCC3)cn2C)cc1OC. The fourth-order valence-corrected chi connectivity index (χ4v) is 4.87. The Morgan fingerprint density at radius 1 is 1.07 bits per heavy atom. The molecule has 9 heteroatoms. The molecule has 1 N–H and O–H groups in total. The summed E-state index contributed by atoms with van der Waals surface area (Å²) in [7, 11) is 1.14. The third kappa shape index (κ3) is 3.72. The van der Waals surface area contributed by atoms with Gasteiger partial charge in [-0.2, -0.15) is 4.31 Å². The number of sulfonamides is 1. The van der Waals surface area contributed by atoms with Gasteiger partial charge < -0.3 is 19.4 Å². The number of hydrogen-bond donors (Lipinski definition) is 1. The molecule has 1 saturated heterocycles. The van der Waals surface area contributed by atoms with E-state index in [1.165, 1.54) is 28.2 Å². The summed E-state index contributed by atoms with van der Waals surface area (Å²) in [5.74, 6) is 0.657. The first-order valence-electron chi connectivity index (χ1n) is 8.98. The molecule has 0 bridgehead atoms. The molecule has 0 unspecified atom stereocenters. The number of aromatic nitrogens is 1. The summed E-state index contributed by atoms with van der Waals surface area (Å²) in [4.78, 5) is 12.9. The third-order valence-electron chi connectivity index (χ3n) is 4.89. The number of nitrogens with zero attached hydrogens (tertiary/aromatic N) is 2. The molecular weight excluding hydrogens is 382 g/mol. The number of ether oxygens (including phenoxy) is 2. The van der Waals surface area contributed by atoms with Crippen LogP contribution in [-0.4, -0.2) is 50.5 Å². The van der Waals surface area contributed by atoms with Crippen molar-refractivity contribution in [3.8, 4) is 11.5 Å². The number of aryl methyl sites for hydroxylation is 2. The van der Waals surface area contributed by atoms with E-state index in [9.17, 15) is 13.2 Å². The molecule has 3 rings (SSSR count). The lowest BCUT2D eigenvalue weighted by Crippen LogP contribution is -2.27. The molecule has 1 aromatic heterocycles. The summed E-state index contributed by atoms with van der Waals surface area (Å²) in [6.07, 6.45) is 3.19. The van der Waals surface area contributed by atoms with E-state index >= 15 is 0 Å². The zero-order chi connectivity index (χ0) is 20.5. The van der Waals surface area contributed by atoms with Gasteiger partial charge in [-0.05, 0) is 37.5 Å². The first-order valence-corrected chi connectivity index (χ1v) is 10.4. The first kappa shape index (κ1) is 20.2. The minimum absolute atomic E-state index is 0.131. The molecule has 0 atom stereocenters. The van der Waals surface area contributed by atoms with Gasteiger partial charge in [-0.15, -0.1) is 0 Å². The standard InChI is InChI=1S/C19H25N3O5S/c1-13-9-17(26-3)18(27-4)11-15(13)20-19(23)16-10-14(12-21(16)2)28(24,25)22-7-5-6-8-22/h9-12H,5-8H2,1-4H3,(H,20,23). The van der Waals surface area contributed by atoms with E-state index in [0.29, 0.717) is 30.3 Å². The molecule has 1 aliphatic rings. The van der Waals surface area contributed by atoms with Crippen LogP contribution in [0.3, 0.4) is 0 Å². The molecule has 0 aliphatic carbocycles. The molecule has 152 valence electrons. The lowest BCUT2D eigenvalue weighted by Gasteiger charge is -2.14. The Bertz CT molecular complexity index is 991. The van der Waals surface area contributed by atoms with Gasteiger partial charge in [0.1, 0.15) is 10.6 Å². The van der Waals surface area contributed by atoms with Crippen molar-refractivity contribution in [1.82, 2.24) is 8.87 Å². The van der Waals surface area contributed by atoms with E-state index < -0.39 is 15.9 Å². The Labute approximate surface area is 165 Å². The van der Waals surface area contributed by atoms with E-state index in [4.69, 9.17) is 9.47 Å². The van der Waals surface area contributed by atoms with Crippen LogP contribution >= 0.6 is 0 Å². The first-order chi connectivity index (χ1) is 13.3. The highest BCUT2D eigenvalue weighted by molar-refractivity contribution is 7.89. The van der Waals surface area contributed by atoms with E-state index in [0.717, 1.165) is 18.4 Å². The van der Waals surface area contributed by atoms with Gasteiger partial charge in [0.2, 0.25) is 10.0 Å². The van der Waals surface area contributed by atoms with Gasteiger partial charge in [-0.1, -0.05) is 0 Å². The topological polar surface area (TPSA) is 89.9 Å². The molecule has 8 nitrogen and oxygen atoms in total. The van der Waals surface area contributed by atoms with Crippen molar-refractivity contribution in [2.75, 3.05) is 32.6 Å². The summed E-state index contributed by atoms with van der Waals surface area (Å²) < 4.78 is 39.0. The van der Waals surface area contributed by atoms with Crippen LogP contribution in [0.25, 0.3) is 0 Å². The Hall–Kier alpha value is -2.52. The quantitative estimate of drug-likeness (QED) is 0.794. The number of amides is 1. The van der Waals surface area contributed by atoms with Gasteiger partial charge in [-0.3, -0.25) is 4.79 Å². The van der Waals surface area contributed by atoms with Crippen molar-refractivity contribution in [2.24, 2.45) is 7.05 Å². The molecule has 2 heterocycles. The molecule has 1 amide bonds. The molecule has 0 radical (unpaired) electrons. The highest BCUT2D eigenvalue weighted by atomic mass is 32.2. The van der Waals surface area contributed by atoms with Crippen molar-refractivity contribution >= 4 is 21.6 Å². The van der Waals surface area contributed by atoms with Crippen LogP contribution in [0.4, 0.5) is 5.69 Å². The molecule has 1 aliphatic heterocycles. The third-order valence-corrected chi connectivity index (χ3v) is 6.76. The normalized spacial score (nSPS) is 14.9. The number of carbonyl (C=O) groups excluding carboxylic acids is 1. The summed E-state index contributed by atoms with van der Waals surface area (Å²) in [5.41, 5.74) is 1.62. The Morgan fingerprint density at radius 3 is 2.29 bits per heavy atom. The second-order valence-corrected chi connectivity index (χ2v) is 8.70. The maximum atomic E-state index is 12.8. The highest BCUT2D eigenvalue weighted by Crippen LogP contribution is 2.33. The molecule has 28 heavy (non-hydrogen) atoms. The van der Waals surface area contributed by atoms with Crippen LogP contribution < -0.4 is 14.8 Å². The predicted octanol–water partition coefficient (Wildman–Crippen LogP) is 2.39. The monoisotopic (exact) mass is 407 g/mol. The molecule has 2 aromatic rings. The number of anilines is 1. The number of hydrogen-bond acceptors (Lipinski definition) is 5. The van der Waals surface area contributed by atoms with Crippen LogP contribution in [0, 0.1) is 6.92 Å². The fourth-order valence-electron chi connectivity index (χ4n) is 3.28. The van der Waals surface area contributed by atoms with Crippen molar-refractivity contribution < 1.29 is 22.7 Å². The zero-order valence-electron chi connectivity index (χ0n) is 16.5. The molecule has 1 aromatic carbocycles. The van der Waals surface area contributed by atoms with Crippen molar-refractivity contribution in [3.05, 3.63) is 35.7 Å². The minimum Gasteiger partial charge on any atom is -0.493 e. The van der Waals surface area contributed by atoms with Gasteiger partial charge in [0.15, 0.2) is 11.5 Å². The Morgan fingerprint density at radius 2 is 1.68 bits per heavy atom. The number of methoxy groups -OCH3 is 2. The maximum Gasteiger partial charge on any atom is 0.272 e. The van der Waals surface area contributed by atoms with Crippen molar-refractivity contribution in [1.29, 1.82) is 0 Å². The summed E-state index contributed by atoms with van der Waals surface area (Å²) in [6, 6.07) is 4.86. The fraction of sp³-hybridized carbons (Fsp3) is 0.421. The Balaban J connectivity index is 1.87. The minimum atomic E-state index is -3.58. The molecule has 1 fully saturated rings. The van der Waals surface area contributed by atoms with Gasteiger partial charge in [0, 0.05) is 38.1 Å². The summed E-state index contributed by atoms with van der Waals surface area (Å²) >= 11 is 0. The number of carbonyl (C=O) groups is 1. The summed E-state index contributed by atoms with van der Waals surface area (Å²) in [5, 5.41) is 2.82. The molecule has 0 spiro atoms. The van der Waals surface area contributed by atoms with Crippen LogP contribution in [0.2, 0.25) is 0 Å². The largest absolute Gasteiger partial charge is 0.493 e. The number of benzene rings is 1. The van der Waals surface area contributed by atoms with E-state index in [-0.39, 0.29) is 10.6 Å². The van der Waals surface area contributed by atoms with E-state index in [2.05, 4.69) is 5.32 Å². The number of rotatable bonds is 6.